The number of Topliss-reactive ketones (excluding diaryl/α,β-unsaturated/α-hetero) is 1. The van der Waals surface area contributed by atoms with E-state index in [2.05, 4.69) is 0 Å². The third-order valence-electron chi connectivity index (χ3n) is 1.86. The summed E-state index contributed by atoms with van der Waals surface area (Å²) in [6.07, 6.45) is 0.298. The van der Waals surface area contributed by atoms with E-state index in [9.17, 15) is 4.79 Å². The predicted octanol–water partition coefficient (Wildman–Crippen LogP) is 1.88. The molecule has 0 heterocycles. The van der Waals surface area contributed by atoms with E-state index in [4.69, 9.17) is 22.1 Å². The highest BCUT2D eigenvalue weighted by molar-refractivity contribution is 6.35. The van der Waals surface area contributed by atoms with E-state index in [-0.39, 0.29) is 5.78 Å². The molecule has 0 bridgehead atoms. The van der Waals surface area contributed by atoms with E-state index in [0.717, 1.165) is 0 Å². The van der Waals surface area contributed by atoms with Gasteiger partial charge in [0.2, 0.25) is 0 Å². The molecule has 3 nitrogen and oxygen atoms in total. The maximum atomic E-state index is 11.5. The van der Waals surface area contributed by atoms with Crippen molar-refractivity contribution in [2.24, 2.45) is 5.73 Å². The molecule has 2 N–H and O–H groups in total. The van der Waals surface area contributed by atoms with Crippen molar-refractivity contribution in [1.82, 2.24) is 0 Å². The summed E-state index contributed by atoms with van der Waals surface area (Å²) < 4.78 is 5.00. The first-order valence-electron chi connectivity index (χ1n) is 4.26. The van der Waals surface area contributed by atoms with Crippen molar-refractivity contribution in [3.05, 3.63) is 28.8 Å². The molecule has 0 unspecified atom stereocenters. The van der Waals surface area contributed by atoms with Gasteiger partial charge < -0.3 is 10.5 Å². The minimum atomic E-state index is -0.0589. The molecule has 0 saturated heterocycles. The van der Waals surface area contributed by atoms with E-state index in [0.29, 0.717) is 29.3 Å². The van der Waals surface area contributed by atoms with E-state index >= 15 is 0 Å². The molecule has 0 radical (unpaired) electrons. The predicted molar refractivity (Wildman–Crippen MR) is 56.0 cm³/mol. The summed E-state index contributed by atoms with van der Waals surface area (Å²) in [5, 5.41) is 0.355. The fraction of sp³-hybridized carbons (Fsp3) is 0.300. The molecule has 1 aromatic carbocycles. The van der Waals surface area contributed by atoms with Gasteiger partial charge in [-0.25, -0.2) is 0 Å². The number of rotatable bonds is 4. The lowest BCUT2D eigenvalue weighted by Gasteiger charge is -2.06. The molecule has 0 atom stereocenters. The van der Waals surface area contributed by atoms with Gasteiger partial charge in [-0.05, 0) is 18.7 Å². The molecule has 1 aromatic rings. The van der Waals surface area contributed by atoms with Crippen LogP contribution in [-0.4, -0.2) is 19.4 Å². The summed E-state index contributed by atoms with van der Waals surface area (Å²) in [5.41, 5.74) is 5.76. The molecule has 0 spiro atoms. The van der Waals surface area contributed by atoms with Crippen LogP contribution in [0.2, 0.25) is 5.02 Å². The van der Waals surface area contributed by atoms with Crippen LogP contribution in [0.25, 0.3) is 0 Å². The van der Waals surface area contributed by atoms with Gasteiger partial charge in [-0.15, -0.1) is 0 Å². The fourth-order valence-corrected chi connectivity index (χ4v) is 1.46. The second kappa shape index (κ2) is 4.98. The Morgan fingerprint density at radius 2 is 2.29 bits per heavy atom. The van der Waals surface area contributed by atoms with Crippen LogP contribution < -0.4 is 10.5 Å². The maximum absolute atomic E-state index is 11.5. The molecule has 14 heavy (non-hydrogen) atoms. The summed E-state index contributed by atoms with van der Waals surface area (Å²) in [6.45, 7) is 0.326. The molecular formula is C10H12ClNO2. The highest BCUT2D eigenvalue weighted by atomic mass is 35.5. The van der Waals surface area contributed by atoms with Gasteiger partial charge in [-0.1, -0.05) is 17.7 Å². The Bertz CT molecular complexity index is 339. The zero-order valence-corrected chi connectivity index (χ0v) is 8.67. The quantitative estimate of drug-likeness (QED) is 0.777. The van der Waals surface area contributed by atoms with Crippen LogP contribution in [-0.2, 0) is 0 Å². The lowest BCUT2D eigenvalue weighted by atomic mass is 10.1. The van der Waals surface area contributed by atoms with Crippen molar-refractivity contribution in [2.75, 3.05) is 13.7 Å². The normalized spacial score (nSPS) is 9.93. The fourth-order valence-electron chi connectivity index (χ4n) is 1.15. The van der Waals surface area contributed by atoms with Gasteiger partial charge in [0, 0.05) is 12.0 Å². The average Bonchev–Trinajstić information content (AvgIpc) is 2.18. The molecule has 0 aliphatic carbocycles. The number of carbonyl (C=O) groups is 1. The van der Waals surface area contributed by atoms with Gasteiger partial charge in [0.1, 0.15) is 5.75 Å². The minimum absolute atomic E-state index is 0.0589. The zero-order chi connectivity index (χ0) is 10.6. The largest absolute Gasteiger partial charge is 0.495 e. The number of benzene rings is 1. The molecule has 0 amide bonds. The van der Waals surface area contributed by atoms with Gasteiger partial charge in [-0.2, -0.15) is 0 Å². The van der Waals surface area contributed by atoms with Crippen molar-refractivity contribution in [3.8, 4) is 5.75 Å². The number of hydrogen-bond acceptors (Lipinski definition) is 3. The van der Waals surface area contributed by atoms with Crippen molar-refractivity contribution in [1.29, 1.82) is 0 Å². The number of hydrogen-bond donors (Lipinski definition) is 1. The van der Waals surface area contributed by atoms with Crippen molar-refractivity contribution >= 4 is 17.4 Å². The smallest absolute Gasteiger partial charge is 0.165 e. The monoisotopic (exact) mass is 213 g/mol. The lowest BCUT2D eigenvalue weighted by Crippen LogP contribution is -2.08. The van der Waals surface area contributed by atoms with Crippen LogP contribution in [0.5, 0.6) is 5.75 Å². The molecule has 0 aliphatic heterocycles. The minimum Gasteiger partial charge on any atom is -0.495 e. The first-order chi connectivity index (χ1) is 6.70. The summed E-state index contributed by atoms with van der Waals surface area (Å²) in [4.78, 5) is 11.5. The highest BCUT2D eigenvalue weighted by Crippen LogP contribution is 2.28. The van der Waals surface area contributed by atoms with Crippen molar-refractivity contribution in [2.45, 2.75) is 6.42 Å². The molecule has 0 fully saturated rings. The Balaban J connectivity index is 3.03. The summed E-state index contributed by atoms with van der Waals surface area (Å²) in [5.74, 6) is 0.450. The summed E-state index contributed by atoms with van der Waals surface area (Å²) >= 11 is 5.95. The lowest BCUT2D eigenvalue weighted by molar-refractivity contribution is 0.0985. The summed E-state index contributed by atoms with van der Waals surface area (Å²) in [6, 6.07) is 5.11. The van der Waals surface area contributed by atoms with Crippen LogP contribution >= 0.6 is 11.6 Å². The van der Waals surface area contributed by atoms with Crippen LogP contribution in [0.15, 0.2) is 18.2 Å². The zero-order valence-electron chi connectivity index (χ0n) is 7.92. The topological polar surface area (TPSA) is 52.3 Å². The maximum Gasteiger partial charge on any atom is 0.165 e. The van der Waals surface area contributed by atoms with E-state index in [1.165, 1.54) is 7.11 Å². The molecule has 1 rings (SSSR count). The van der Waals surface area contributed by atoms with Gasteiger partial charge in [-0.3, -0.25) is 4.79 Å². The van der Waals surface area contributed by atoms with E-state index < -0.39 is 0 Å². The SMILES string of the molecule is COc1cccc(C(=O)CCN)c1Cl. The Labute approximate surface area is 87.8 Å². The van der Waals surface area contributed by atoms with Crippen molar-refractivity contribution in [3.63, 3.8) is 0 Å². The third-order valence-corrected chi connectivity index (χ3v) is 2.24. The molecule has 0 aromatic heterocycles. The first-order valence-corrected chi connectivity index (χ1v) is 4.64. The van der Waals surface area contributed by atoms with Crippen molar-refractivity contribution < 1.29 is 9.53 Å². The van der Waals surface area contributed by atoms with Gasteiger partial charge in [0.25, 0.3) is 0 Å². The number of ether oxygens (including phenoxy) is 1. The number of carbonyl (C=O) groups excluding carboxylic acids is 1. The molecule has 0 aliphatic rings. The van der Waals surface area contributed by atoms with Gasteiger partial charge in [0.05, 0.1) is 12.1 Å². The second-order valence-electron chi connectivity index (χ2n) is 2.78. The van der Waals surface area contributed by atoms with E-state index in [1.54, 1.807) is 18.2 Å². The molecule has 76 valence electrons. The molecule has 0 saturated carbocycles. The van der Waals surface area contributed by atoms with Crippen LogP contribution in [0, 0.1) is 0 Å². The Morgan fingerprint density at radius 1 is 1.57 bits per heavy atom. The number of nitrogens with two attached hydrogens (primary N) is 1. The van der Waals surface area contributed by atoms with Gasteiger partial charge in [0.15, 0.2) is 5.78 Å². The standard InChI is InChI=1S/C10H12ClNO2/c1-14-9-4-2-3-7(10(9)11)8(13)5-6-12/h2-4H,5-6,12H2,1H3. The van der Waals surface area contributed by atoms with Crippen LogP contribution in [0.1, 0.15) is 16.8 Å². The number of methoxy groups -OCH3 is 1. The van der Waals surface area contributed by atoms with Crippen LogP contribution in [0.4, 0.5) is 0 Å². The molecular weight excluding hydrogens is 202 g/mol. The van der Waals surface area contributed by atoms with Crippen LogP contribution in [0.3, 0.4) is 0 Å². The Morgan fingerprint density at radius 3 is 2.86 bits per heavy atom. The third kappa shape index (κ3) is 2.25. The molecule has 4 heteroatoms. The number of halogens is 1. The summed E-state index contributed by atoms with van der Waals surface area (Å²) in [7, 11) is 1.51. The highest BCUT2D eigenvalue weighted by Gasteiger charge is 2.12. The Kier molecular flexibility index (Phi) is 3.92. The number of ketones is 1. The first kappa shape index (κ1) is 11.0. The Hall–Kier alpha value is -1.06. The average molecular weight is 214 g/mol. The van der Waals surface area contributed by atoms with Gasteiger partial charge >= 0.3 is 0 Å². The second-order valence-corrected chi connectivity index (χ2v) is 3.16. The van der Waals surface area contributed by atoms with E-state index in [1.807, 2.05) is 0 Å².